The summed E-state index contributed by atoms with van der Waals surface area (Å²) in [5, 5.41) is 4.98. The van der Waals surface area contributed by atoms with Crippen molar-refractivity contribution in [1.29, 1.82) is 0 Å². The Labute approximate surface area is 157 Å². The maximum absolute atomic E-state index is 3.62. The molecule has 1 heterocycles. The Morgan fingerprint density at radius 3 is 2.58 bits per heavy atom. The molecule has 0 fully saturated rings. The highest BCUT2D eigenvalue weighted by Gasteiger charge is 2.08. The van der Waals surface area contributed by atoms with Crippen LogP contribution in [0.4, 0.5) is 0 Å². The molecule has 0 aliphatic rings. The second-order valence-corrected chi connectivity index (χ2v) is 6.99. The number of benzene rings is 2. The molecule has 0 unspecified atom stereocenters. The van der Waals surface area contributed by atoms with Crippen LogP contribution in [0.1, 0.15) is 30.5 Å². The molecule has 1 aromatic heterocycles. The first-order valence-electron chi connectivity index (χ1n) is 9.76. The van der Waals surface area contributed by atoms with Crippen LogP contribution in [0.2, 0.25) is 0 Å². The van der Waals surface area contributed by atoms with Gasteiger partial charge in [-0.15, -0.1) is 0 Å². The van der Waals surface area contributed by atoms with E-state index < -0.39 is 0 Å². The Hall–Kier alpha value is -2.10. The number of rotatable bonds is 9. The lowest BCUT2D eigenvalue weighted by Gasteiger charge is -2.17. The summed E-state index contributed by atoms with van der Waals surface area (Å²) in [5.74, 6) is 0. The van der Waals surface area contributed by atoms with Crippen molar-refractivity contribution in [2.24, 2.45) is 0 Å². The number of aryl methyl sites for hydroxylation is 1. The third-order valence-electron chi connectivity index (χ3n) is 5.12. The molecule has 3 rings (SSSR count). The molecule has 0 saturated heterocycles. The smallest absolute Gasteiger partial charge is 0.0486 e. The van der Waals surface area contributed by atoms with Crippen LogP contribution in [0.15, 0.2) is 54.7 Å². The van der Waals surface area contributed by atoms with Crippen LogP contribution >= 0.6 is 0 Å². The highest BCUT2D eigenvalue weighted by atomic mass is 15.1. The molecule has 3 aromatic rings. The second kappa shape index (κ2) is 9.02. The summed E-state index contributed by atoms with van der Waals surface area (Å²) in [6.07, 6.45) is 2.32. The first-order valence-corrected chi connectivity index (χ1v) is 9.76. The van der Waals surface area contributed by atoms with Gasteiger partial charge < -0.3 is 14.8 Å². The minimum Gasteiger partial charge on any atom is -0.343 e. The minimum atomic E-state index is 0.918. The molecule has 0 radical (unpaired) electrons. The lowest BCUT2D eigenvalue weighted by molar-refractivity contribution is 0.302. The lowest BCUT2D eigenvalue weighted by Crippen LogP contribution is -2.31. The topological polar surface area (TPSA) is 20.2 Å². The molecular formula is C23H31N3. The van der Waals surface area contributed by atoms with Gasteiger partial charge in [0.1, 0.15) is 0 Å². The van der Waals surface area contributed by atoms with Gasteiger partial charge in [0.2, 0.25) is 0 Å². The van der Waals surface area contributed by atoms with Gasteiger partial charge in [0.15, 0.2) is 0 Å². The lowest BCUT2D eigenvalue weighted by atomic mass is 10.1. The molecule has 0 amide bonds. The van der Waals surface area contributed by atoms with Crippen molar-refractivity contribution in [2.75, 3.05) is 26.2 Å². The van der Waals surface area contributed by atoms with E-state index in [4.69, 9.17) is 0 Å². The molecule has 0 spiro atoms. The predicted molar refractivity (Wildman–Crippen MR) is 112 cm³/mol. The van der Waals surface area contributed by atoms with Crippen LogP contribution in [-0.4, -0.2) is 35.6 Å². The van der Waals surface area contributed by atoms with Gasteiger partial charge in [0.25, 0.3) is 0 Å². The molecule has 0 bridgehead atoms. The van der Waals surface area contributed by atoms with E-state index in [-0.39, 0.29) is 0 Å². The fraction of sp³-hybridized carbons (Fsp3) is 0.391. The largest absolute Gasteiger partial charge is 0.343 e. The van der Waals surface area contributed by atoms with Crippen LogP contribution in [0.25, 0.3) is 10.9 Å². The van der Waals surface area contributed by atoms with Gasteiger partial charge in [-0.3, -0.25) is 0 Å². The Balaban J connectivity index is 1.73. The summed E-state index contributed by atoms with van der Waals surface area (Å²) >= 11 is 0. The normalized spacial score (nSPS) is 11.5. The third-order valence-corrected chi connectivity index (χ3v) is 5.12. The molecular weight excluding hydrogens is 318 g/mol. The van der Waals surface area contributed by atoms with E-state index in [9.17, 15) is 0 Å². The van der Waals surface area contributed by atoms with Crippen molar-refractivity contribution >= 4 is 10.9 Å². The summed E-state index contributed by atoms with van der Waals surface area (Å²) in [5.41, 5.74) is 5.37. The SMILES string of the molecule is CCN(CC)CCNCc1cn(Cc2cccc(C)c2)c2ccccc12. The van der Waals surface area contributed by atoms with Crippen molar-refractivity contribution in [3.05, 3.63) is 71.4 Å². The van der Waals surface area contributed by atoms with E-state index in [1.165, 1.54) is 27.6 Å². The Morgan fingerprint density at radius 1 is 1.00 bits per heavy atom. The van der Waals surface area contributed by atoms with Gasteiger partial charge in [-0.05, 0) is 37.2 Å². The fourth-order valence-electron chi connectivity index (χ4n) is 3.60. The fourth-order valence-corrected chi connectivity index (χ4v) is 3.60. The molecule has 3 nitrogen and oxygen atoms in total. The highest BCUT2D eigenvalue weighted by molar-refractivity contribution is 5.84. The monoisotopic (exact) mass is 349 g/mol. The Kier molecular flexibility index (Phi) is 6.48. The van der Waals surface area contributed by atoms with Crippen molar-refractivity contribution in [1.82, 2.24) is 14.8 Å². The summed E-state index contributed by atoms with van der Waals surface area (Å²) in [4.78, 5) is 2.45. The predicted octanol–water partition coefficient (Wildman–Crippen LogP) is 4.43. The molecule has 0 aliphatic heterocycles. The summed E-state index contributed by atoms with van der Waals surface area (Å²) in [6.45, 7) is 12.8. The molecule has 3 heteroatoms. The van der Waals surface area contributed by atoms with Crippen LogP contribution in [0, 0.1) is 6.92 Å². The molecule has 138 valence electrons. The van der Waals surface area contributed by atoms with Gasteiger partial charge in [-0.2, -0.15) is 0 Å². The second-order valence-electron chi connectivity index (χ2n) is 6.99. The number of fused-ring (bicyclic) bond motifs is 1. The number of nitrogens with one attached hydrogen (secondary N) is 1. The van der Waals surface area contributed by atoms with Crippen LogP contribution in [-0.2, 0) is 13.1 Å². The molecule has 0 atom stereocenters. The average Bonchev–Trinajstić information content (AvgIpc) is 3.00. The van der Waals surface area contributed by atoms with E-state index in [2.05, 4.69) is 90.3 Å². The first-order chi connectivity index (χ1) is 12.7. The zero-order valence-corrected chi connectivity index (χ0v) is 16.3. The average molecular weight is 350 g/mol. The first kappa shape index (κ1) is 18.7. The number of hydrogen-bond donors (Lipinski definition) is 1. The molecule has 0 saturated carbocycles. The van der Waals surface area contributed by atoms with Gasteiger partial charge in [0, 0.05) is 43.3 Å². The van der Waals surface area contributed by atoms with Gasteiger partial charge >= 0.3 is 0 Å². The summed E-state index contributed by atoms with van der Waals surface area (Å²) in [6, 6.07) is 17.5. The van der Waals surface area contributed by atoms with E-state index in [0.717, 1.165) is 39.3 Å². The van der Waals surface area contributed by atoms with Crippen LogP contribution in [0.5, 0.6) is 0 Å². The molecule has 1 N–H and O–H groups in total. The van der Waals surface area contributed by atoms with Crippen molar-refractivity contribution in [3.8, 4) is 0 Å². The number of nitrogens with zero attached hydrogens (tertiary/aromatic N) is 2. The third kappa shape index (κ3) is 4.54. The van der Waals surface area contributed by atoms with E-state index in [1.807, 2.05) is 0 Å². The number of aromatic nitrogens is 1. The quantitative estimate of drug-likeness (QED) is 0.577. The van der Waals surface area contributed by atoms with Crippen molar-refractivity contribution in [2.45, 2.75) is 33.9 Å². The molecule has 26 heavy (non-hydrogen) atoms. The maximum Gasteiger partial charge on any atom is 0.0486 e. The Morgan fingerprint density at radius 2 is 1.81 bits per heavy atom. The number of para-hydroxylation sites is 1. The molecule has 2 aromatic carbocycles. The molecule has 0 aliphatic carbocycles. The summed E-state index contributed by atoms with van der Waals surface area (Å²) in [7, 11) is 0. The van der Waals surface area contributed by atoms with Crippen molar-refractivity contribution < 1.29 is 0 Å². The number of likely N-dealkylation sites (N-methyl/N-ethyl adjacent to an activating group) is 1. The van der Waals surface area contributed by atoms with Gasteiger partial charge in [0.05, 0.1) is 0 Å². The zero-order chi connectivity index (χ0) is 18.4. The van der Waals surface area contributed by atoms with Gasteiger partial charge in [-0.25, -0.2) is 0 Å². The van der Waals surface area contributed by atoms with Crippen LogP contribution < -0.4 is 5.32 Å². The van der Waals surface area contributed by atoms with Crippen molar-refractivity contribution in [3.63, 3.8) is 0 Å². The van der Waals surface area contributed by atoms with E-state index >= 15 is 0 Å². The zero-order valence-electron chi connectivity index (χ0n) is 16.3. The highest BCUT2D eigenvalue weighted by Crippen LogP contribution is 2.22. The maximum atomic E-state index is 3.62. The minimum absolute atomic E-state index is 0.918. The summed E-state index contributed by atoms with van der Waals surface area (Å²) < 4.78 is 2.38. The standard InChI is InChI=1S/C23H31N3/c1-4-25(5-2)14-13-24-16-21-18-26(23-12-7-6-11-22(21)23)17-20-10-8-9-19(3)15-20/h6-12,15,18,24H,4-5,13-14,16-17H2,1-3H3. The van der Waals surface area contributed by atoms with E-state index in [1.54, 1.807) is 0 Å². The van der Waals surface area contributed by atoms with Crippen LogP contribution in [0.3, 0.4) is 0 Å². The van der Waals surface area contributed by atoms with Gasteiger partial charge in [-0.1, -0.05) is 61.9 Å². The number of hydrogen-bond acceptors (Lipinski definition) is 2. The van der Waals surface area contributed by atoms with E-state index in [0.29, 0.717) is 0 Å². The Bertz CT molecular complexity index is 830.